The maximum Gasteiger partial charge on any atom is 0.338 e. The maximum atomic E-state index is 12.8. The van der Waals surface area contributed by atoms with Crippen LogP contribution < -0.4 is 10.1 Å². The van der Waals surface area contributed by atoms with Crippen molar-refractivity contribution >= 4 is 17.6 Å². The third-order valence-corrected chi connectivity index (χ3v) is 3.17. The first-order valence-corrected chi connectivity index (χ1v) is 7.50. The highest BCUT2D eigenvalue weighted by Crippen LogP contribution is 2.14. The summed E-state index contributed by atoms with van der Waals surface area (Å²) in [6.07, 6.45) is -0.992. The largest absolute Gasteiger partial charge is 0.494 e. The Kier molecular flexibility index (Phi) is 5.89. The van der Waals surface area contributed by atoms with Crippen molar-refractivity contribution in [3.63, 3.8) is 0 Å². The van der Waals surface area contributed by atoms with E-state index in [0.717, 1.165) is 0 Å². The van der Waals surface area contributed by atoms with E-state index in [4.69, 9.17) is 9.47 Å². The number of nitrogens with one attached hydrogen (secondary N) is 1. The minimum absolute atomic E-state index is 0.319. The van der Waals surface area contributed by atoms with Crippen LogP contribution in [0.3, 0.4) is 0 Å². The van der Waals surface area contributed by atoms with Gasteiger partial charge in [-0.3, -0.25) is 4.79 Å². The zero-order chi connectivity index (χ0) is 17.5. The first-order valence-electron chi connectivity index (χ1n) is 7.50. The van der Waals surface area contributed by atoms with Crippen molar-refractivity contribution < 1.29 is 23.5 Å². The quantitative estimate of drug-likeness (QED) is 0.824. The number of carbonyl (C=O) groups excluding carboxylic acids is 2. The summed E-state index contributed by atoms with van der Waals surface area (Å²) in [5.74, 6) is -0.861. The minimum Gasteiger partial charge on any atom is -0.494 e. The van der Waals surface area contributed by atoms with Gasteiger partial charge in [0.2, 0.25) is 0 Å². The van der Waals surface area contributed by atoms with Crippen LogP contribution in [0.4, 0.5) is 10.1 Å². The summed E-state index contributed by atoms with van der Waals surface area (Å²) in [6, 6.07) is 11.8. The van der Waals surface area contributed by atoms with E-state index in [1.807, 2.05) is 6.92 Å². The van der Waals surface area contributed by atoms with Gasteiger partial charge >= 0.3 is 5.97 Å². The lowest BCUT2D eigenvalue weighted by atomic mass is 10.2. The zero-order valence-electron chi connectivity index (χ0n) is 13.4. The Hall–Kier alpha value is -2.89. The normalized spacial score (nSPS) is 11.5. The van der Waals surface area contributed by atoms with E-state index in [1.165, 1.54) is 31.2 Å². The van der Waals surface area contributed by atoms with Crippen molar-refractivity contribution in [3.8, 4) is 5.75 Å². The molecule has 0 aliphatic carbocycles. The minimum atomic E-state index is -0.992. The van der Waals surface area contributed by atoms with Gasteiger partial charge < -0.3 is 14.8 Å². The highest BCUT2D eigenvalue weighted by atomic mass is 19.1. The van der Waals surface area contributed by atoms with Crippen molar-refractivity contribution in [2.24, 2.45) is 0 Å². The predicted molar refractivity (Wildman–Crippen MR) is 87.5 cm³/mol. The Bertz CT molecular complexity index is 698. The summed E-state index contributed by atoms with van der Waals surface area (Å²) in [6.45, 7) is 3.86. The van der Waals surface area contributed by atoms with E-state index >= 15 is 0 Å². The second-order valence-corrected chi connectivity index (χ2v) is 5.00. The maximum absolute atomic E-state index is 12.8. The molecule has 0 bridgehead atoms. The van der Waals surface area contributed by atoms with Crippen LogP contribution in [0.1, 0.15) is 24.2 Å². The van der Waals surface area contributed by atoms with Crippen LogP contribution in [-0.4, -0.2) is 24.6 Å². The Morgan fingerprint density at radius 3 is 2.29 bits per heavy atom. The molecule has 0 saturated carbocycles. The molecule has 1 N–H and O–H groups in total. The molecule has 0 saturated heterocycles. The molecule has 5 nitrogen and oxygen atoms in total. The molecule has 0 radical (unpaired) electrons. The van der Waals surface area contributed by atoms with E-state index in [0.29, 0.717) is 23.6 Å². The van der Waals surface area contributed by atoms with E-state index in [-0.39, 0.29) is 0 Å². The van der Waals surface area contributed by atoms with Crippen molar-refractivity contribution in [3.05, 3.63) is 59.9 Å². The van der Waals surface area contributed by atoms with Crippen LogP contribution in [0.2, 0.25) is 0 Å². The van der Waals surface area contributed by atoms with Crippen LogP contribution in [0.25, 0.3) is 0 Å². The zero-order valence-corrected chi connectivity index (χ0v) is 13.4. The summed E-state index contributed by atoms with van der Waals surface area (Å²) in [5.41, 5.74) is 0.741. The second kappa shape index (κ2) is 8.10. The summed E-state index contributed by atoms with van der Waals surface area (Å²) >= 11 is 0. The van der Waals surface area contributed by atoms with Crippen LogP contribution in [-0.2, 0) is 9.53 Å². The fourth-order valence-corrected chi connectivity index (χ4v) is 1.91. The lowest BCUT2D eigenvalue weighted by molar-refractivity contribution is -0.123. The molecule has 0 aliphatic rings. The fraction of sp³-hybridized carbons (Fsp3) is 0.222. The number of hydrogen-bond donors (Lipinski definition) is 1. The molecule has 6 heteroatoms. The average molecular weight is 331 g/mol. The predicted octanol–water partition coefficient (Wildman–Crippen LogP) is 3.41. The topological polar surface area (TPSA) is 64.6 Å². The molecule has 1 atom stereocenters. The molecule has 0 heterocycles. The highest BCUT2D eigenvalue weighted by molar-refractivity contribution is 5.97. The van der Waals surface area contributed by atoms with Crippen molar-refractivity contribution in [2.75, 3.05) is 11.9 Å². The van der Waals surface area contributed by atoms with Crippen LogP contribution >= 0.6 is 0 Å². The molecule has 126 valence electrons. The Morgan fingerprint density at radius 2 is 1.71 bits per heavy atom. The lowest BCUT2D eigenvalue weighted by Crippen LogP contribution is -2.30. The van der Waals surface area contributed by atoms with Gasteiger partial charge in [-0.05, 0) is 62.4 Å². The van der Waals surface area contributed by atoms with Crippen molar-refractivity contribution in [2.45, 2.75) is 20.0 Å². The summed E-state index contributed by atoms with van der Waals surface area (Å²) in [4.78, 5) is 24.0. The molecule has 2 aromatic carbocycles. The molecule has 0 aromatic heterocycles. The fourth-order valence-electron chi connectivity index (χ4n) is 1.91. The number of amides is 1. The van der Waals surface area contributed by atoms with Gasteiger partial charge in [0.05, 0.1) is 12.2 Å². The van der Waals surface area contributed by atoms with Crippen LogP contribution in [0, 0.1) is 5.82 Å². The molecule has 0 spiro atoms. The van der Waals surface area contributed by atoms with Crippen LogP contribution in [0.15, 0.2) is 48.5 Å². The van der Waals surface area contributed by atoms with E-state index in [2.05, 4.69) is 5.32 Å². The molecule has 2 rings (SSSR count). The number of halogens is 1. The smallest absolute Gasteiger partial charge is 0.338 e. The van der Waals surface area contributed by atoms with Gasteiger partial charge in [-0.2, -0.15) is 0 Å². The number of hydrogen-bond acceptors (Lipinski definition) is 4. The summed E-state index contributed by atoms with van der Waals surface area (Å²) in [7, 11) is 0. The van der Waals surface area contributed by atoms with Gasteiger partial charge in [-0.1, -0.05) is 0 Å². The number of carbonyl (C=O) groups is 2. The first-order chi connectivity index (χ1) is 11.5. The molecule has 1 unspecified atom stereocenters. The number of anilines is 1. The van der Waals surface area contributed by atoms with E-state index in [1.54, 1.807) is 24.3 Å². The SMILES string of the molecule is CCOc1ccc(C(=O)OC(C)C(=O)Nc2ccc(F)cc2)cc1. The average Bonchev–Trinajstić information content (AvgIpc) is 2.57. The number of esters is 1. The number of ether oxygens (including phenoxy) is 2. The van der Waals surface area contributed by atoms with E-state index < -0.39 is 23.8 Å². The Balaban J connectivity index is 1.92. The molecule has 0 fully saturated rings. The summed E-state index contributed by atoms with van der Waals surface area (Å²) < 4.78 is 23.2. The molecule has 1 amide bonds. The number of benzene rings is 2. The van der Waals surface area contributed by atoms with Gasteiger partial charge in [0.1, 0.15) is 11.6 Å². The van der Waals surface area contributed by atoms with Crippen molar-refractivity contribution in [1.29, 1.82) is 0 Å². The van der Waals surface area contributed by atoms with Gasteiger partial charge in [-0.25, -0.2) is 9.18 Å². The van der Waals surface area contributed by atoms with Crippen LogP contribution in [0.5, 0.6) is 5.75 Å². The van der Waals surface area contributed by atoms with Gasteiger partial charge in [0.15, 0.2) is 6.10 Å². The monoisotopic (exact) mass is 331 g/mol. The Labute approximate surface area is 139 Å². The third-order valence-electron chi connectivity index (χ3n) is 3.17. The first kappa shape index (κ1) is 17.5. The number of rotatable bonds is 6. The van der Waals surface area contributed by atoms with Gasteiger partial charge in [-0.15, -0.1) is 0 Å². The highest BCUT2D eigenvalue weighted by Gasteiger charge is 2.19. The third kappa shape index (κ3) is 4.81. The molecule has 2 aromatic rings. The standard InChI is InChI=1S/C18H18FNO4/c1-3-23-16-10-4-13(5-11-16)18(22)24-12(2)17(21)20-15-8-6-14(19)7-9-15/h4-12H,3H2,1-2H3,(H,20,21). The van der Waals surface area contributed by atoms with Gasteiger partial charge in [0, 0.05) is 5.69 Å². The molecule has 24 heavy (non-hydrogen) atoms. The summed E-state index contributed by atoms with van der Waals surface area (Å²) in [5, 5.41) is 2.55. The molecule has 0 aliphatic heterocycles. The molecular weight excluding hydrogens is 313 g/mol. The Morgan fingerprint density at radius 1 is 1.08 bits per heavy atom. The lowest BCUT2D eigenvalue weighted by Gasteiger charge is -2.13. The van der Waals surface area contributed by atoms with Crippen molar-refractivity contribution in [1.82, 2.24) is 0 Å². The van der Waals surface area contributed by atoms with E-state index in [9.17, 15) is 14.0 Å². The second-order valence-electron chi connectivity index (χ2n) is 5.00. The molecular formula is C18H18FNO4. The van der Waals surface area contributed by atoms with Gasteiger partial charge in [0.25, 0.3) is 5.91 Å².